The molecule has 2 heterocycles. The monoisotopic (exact) mass is 224 g/mol. The van der Waals surface area contributed by atoms with Gasteiger partial charge in [-0.3, -0.25) is 0 Å². The fraction of sp³-hybridized carbons (Fsp3) is 0.500. The van der Waals surface area contributed by atoms with Crippen LogP contribution in [0.5, 0.6) is 0 Å². The number of rotatable bonds is 2. The highest BCUT2D eigenvalue weighted by atomic mass is 32.1. The van der Waals surface area contributed by atoms with E-state index < -0.39 is 0 Å². The Hall–Kier alpha value is -0.340. The average Bonchev–Trinajstić information content (AvgIpc) is 2.53. The molecule has 0 amide bonds. The van der Waals surface area contributed by atoms with E-state index in [1.807, 2.05) is 22.7 Å². The van der Waals surface area contributed by atoms with Gasteiger partial charge >= 0.3 is 0 Å². The third kappa shape index (κ3) is 1.73. The molecule has 0 unspecified atom stereocenters. The van der Waals surface area contributed by atoms with Crippen molar-refractivity contribution >= 4 is 32.1 Å². The molecule has 0 fully saturated rings. The molecule has 0 aliphatic carbocycles. The lowest BCUT2D eigenvalue weighted by Crippen LogP contribution is -1.92. The minimum absolute atomic E-state index is 0.766. The first-order chi connectivity index (χ1) is 6.58. The molecule has 0 spiro atoms. The van der Waals surface area contributed by atoms with Crippen LogP contribution in [-0.4, -0.2) is 0 Å². The Morgan fingerprint density at radius 3 is 2.50 bits per heavy atom. The summed E-state index contributed by atoms with van der Waals surface area (Å²) in [5.41, 5.74) is 1.52. The smallest absolute Gasteiger partial charge is 0.0485 e. The van der Waals surface area contributed by atoms with Crippen LogP contribution in [0.4, 0.5) is 0 Å². The highest BCUT2D eigenvalue weighted by Gasteiger charge is 2.11. The molecule has 2 heteroatoms. The quantitative estimate of drug-likeness (QED) is 0.689. The van der Waals surface area contributed by atoms with E-state index in [0.29, 0.717) is 0 Å². The van der Waals surface area contributed by atoms with Crippen LogP contribution < -0.4 is 0 Å². The highest BCUT2D eigenvalue weighted by molar-refractivity contribution is 7.28. The number of thiophene rings is 2. The molecule has 0 saturated carbocycles. The number of hydrogen-bond acceptors (Lipinski definition) is 2. The van der Waals surface area contributed by atoms with E-state index in [1.165, 1.54) is 26.3 Å². The summed E-state index contributed by atoms with van der Waals surface area (Å²) in [6.07, 6.45) is 1.23. The maximum atomic E-state index is 2.32. The molecule has 2 aromatic rings. The lowest BCUT2D eigenvalue weighted by atomic mass is 10.1. The molecule has 0 N–H and O–H groups in total. The fourth-order valence-corrected chi connectivity index (χ4v) is 4.47. The van der Waals surface area contributed by atoms with Crippen molar-refractivity contribution in [2.75, 3.05) is 0 Å². The average molecular weight is 224 g/mol. The van der Waals surface area contributed by atoms with Crippen LogP contribution in [0.15, 0.2) is 6.07 Å². The van der Waals surface area contributed by atoms with Gasteiger partial charge in [0, 0.05) is 19.2 Å². The zero-order chi connectivity index (χ0) is 10.3. The SMILES string of the molecule is Cc1cc2sc(CC(C)C)c(C)c2s1. The zero-order valence-electron chi connectivity index (χ0n) is 9.18. The Morgan fingerprint density at radius 2 is 1.93 bits per heavy atom. The molecule has 0 nitrogen and oxygen atoms in total. The Morgan fingerprint density at radius 1 is 1.21 bits per heavy atom. The van der Waals surface area contributed by atoms with Gasteiger partial charge in [-0.2, -0.15) is 0 Å². The van der Waals surface area contributed by atoms with E-state index in [1.54, 1.807) is 4.88 Å². The van der Waals surface area contributed by atoms with Crippen LogP contribution in [0.1, 0.15) is 29.2 Å². The van der Waals surface area contributed by atoms with Gasteiger partial charge in [0.05, 0.1) is 0 Å². The molecule has 0 aromatic carbocycles. The molecule has 2 rings (SSSR count). The predicted octanol–water partition coefficient (Wildman–Crippen LogP) is 4.78. The molecular weight excluding hydrogens is 208 g/mol. The minimum Gasteiger partial charge on any atom is -0.139 e. The first-order valence-electron chi connectivity index (χ1n) is 5.06. The van der Waals surface area contributed by atoms with Crippen molar-refractivity contribution in [3.05, 3.63) is 21.4 Å². The van der Waals surface area contributed by atoms with Gasteiger partial charge in [-0.05, 0) is 37.8 Å². The zero-order valence-corrected chi connectivity index (χ0v) is 10.8. The van der Waals surface area contributed by atoms with Gasteiger partial charge in [-0.15, -0.1) is 22.7 Å². The third-order valence-electron chi connectivity index (χ3n) is 2.41. The summed E-state index contributed by atoms with van der Waals surface area (Å²) in [6.45, 7) is 9.04. The largest absolute Gasteiger partial charge is 0.139 e. The summed E-state index contributed by atoms with van der Waals surface area (Å²) < 4.78 is 3.00. The Labute approximate surface area is 93.6 Å². The van der Waals surface area contributed by atoms with Gasteiger partial charge in [-0.25, -0.2) is 0 Å². The molecule has 0 radical (unpaired) electrons. The third-order valence-corrected chi connectivity index (χ3v) is 4.97. The van der Waals surface area contributed by atoms with Crippen LogP contribution in [0.25, 0.3) is 9.40 Å². The van der Waals surface area contributed by atoms with Crippen LogP contribution in [0, 0.1) is 19.8 Å². The molecule has 0 bridgehead atoms. The summed E-state index contributed by atoms with van der Waals surface area (Å²) in [6, 6.07) is 2.32. The molecule has 0 atom stereocenters. The van der Waals surface area contributed by atoms with Crippen molar-refractivity contribution in [2.24, 2.45) is 5.92 Å². The van der Waals surface area contributed by atoms with Crippen LogP contribution in [0.3, 0.4) is 0 Å². The summed E-state index contributed by atoms with van der Waals surface area (Å²) >= 11 is 3.92. The van der Waals surface area contributed by atoms with Gasteiger partial charge in [-0.1, -0.05) is 13.8 Å². The second-order valence-corrected chi connectivity index (χ2v) is 6.69. The first-order valence-corrected chi connectivity index (χ1v) is 6.69. The topological polar surface area (TPSA) is 0 Å². The van der Waals surface area contributed by atoms with Crippen molar-refractivity contribution in [3.63, 3.8) is 0 Å². The van der Waals surface area contributed by atoms with E-state index in [0.717, 1.165) is 5.92 Å². The summed E-state index contributed by atoms with van der Waals surface area (Å²) in [4.78, 5) is 3.02. The van der Waals surface area contributed by atoms with Crippen LogP contribution in [-0.2, 0) is 6.42 Å². The van der Waals surface area contributed by atoms with Crippen molar-refractivity contribution in [1.29, 1.82) is 0 Å². The van der Waals surface area contributed by atoms with Crippen molar-refractivity contribution < 1.29 is 0 Å². The van der Waals surface area contributed by atoms with Crippen molar-refractivity contribution in [3.8, 4) is 0 Å². The van der Waals surface area contributed by atoms with E-state index >= 15 is 0 Å². The van der Waals surface area contributed by atoms with E-state index in [4.69, 9.17) is 0 Å². The maximum absolute atomic E-state index is 2.32. The Kier molecular flexibility index (Phi) is 2.67. The normalized spacial score (nSPS) is 11.8. The maximum Gasteiger partial charge on any atom is 0.0485 e. The minimum atomic E-state index is 0.766. The first kappa shape index (κ1) is 10.2. The van der Waals surface area contributed by atoms with Gasteiger partial charge in [0.2, 0.25) is 0 Å². The van der Waals surface area contributed by atoms with Crippen molar-refractivity contribution in [1.82, 2.24) is 0 Å². The molecule has 14 heavy (non-hydrogen) atoms. The summed E-state index contributed by atoms with van der Waals surface area (Å²) in [5, 5.41) is 0. The molecular formula is C12H16S2. The van der Waals surface area contributed by atoms with E-state index in [2.05, 4.69) is 33.8 Å². The van der Waals surface area contributed by atoms with Gasteiger partial charge in [0.1, 0.15) is 0 Å². The van der Waals surface area contributed by atoms with Crippen LogP contribution >= 0.6 is 22.7 Å². The second-order valence-electron chi connectivity index (χ2n) is 4.30. The van der Waals surface area contributed by atoms with Crippen LogP contribution in [0.2, 0.25) is 0 Å². The number of hydrogen-bond donors (Lipinski definition) is 0. The van der Waals surface area contributed by atoms with E-state index in [-0.39, 0.29) is 0 Å². The standard InChI is InChI=1S/C12H16S2/c1-7(2)5-10-9(4)12-11(14-10)6-8(3)13-12/h6-7H,5H2,1-4H3. The van der Waals surface area contributed by atoms with E-state index in [9.17, 15) is 0 Å². The molecule has 0 aliphatic heterocycles. The summed E-state index contributed by atoms with van der Waals surface area (Å²) in [7, 11) is 0. The number of aryl methyl sites for hydroxylation is 2. The predicted molar refractivity (Wildman–Crippen MR) is 67.7 cm³/mol. The van der Waals surface area contributed by atoms with Gasteiger partial charge in [0.15, 0.2) is 0 Å². The molecule has 0 aliphatic rings. The highest BCUT2D eigenvalue weighted by Crippen LogP contribution is 2.37. The number of fused-ring (bicyclic) bond motifs is 1. The Bertz CT molecular complexity index is 446. The lowest BCUT2D eigenvalue weighted by molar-refractivity contribution is 0.652. The molecule has 76 valence electrons. The van der Waals surface area contributed by atoms with Gasteiger partial charge < -0.3 is 0 Å². The molecule has 2 aromatic heterocycles. The molecule has 0 saturated heterocycles. The fourth-order valence-electron chi connectivity index (χ4n) is 1.73. The van der Waals surface area contributed by atoms with Gasteiger partial charge in [0.25, 0.3) is 0 Å². The second kappa shape index (κ2) is 3.67. The van der Waals surface area contributed by atoms with Crippen molar-refractivity contribution in [2.45, 2.75) is 34.1 Å². The summed E-state index contributed by atoms with van der Waals surface area (Å²) in [5.74, 6) is 0.766. The Balaban J connectivity index is 2.47. The lowest BCUT2D eigenvalue weighted by Gasteiger charge is -2.02.